The van der Waals surface area contributed by atoms with Crippen molar-refractivity contribution in [2.75, 3.05) is 11.9 Å². The molecule has 0 aliphatic rings. The van der Waals surface area contributed by atoms with Crippen LogP contribution in [0.5, 0.6) is 0 Å². The summed E-state index contributed by atoms with van der Waals surface area (Å²) in [6.45, 7) is 10.6. The lowest BCUT2D eigenvalue weighted by atomic mass is 10.1. The van der Waals surface area contributed by atoms with Gasteiger partial charge in [0.05, 0.1) is 0 Å². The first-order valence-corrected chi connectivity index (χ1v) is 7.99. The number of hydrogen-bond donors (Lipinski definition) is 1. The molecule has 21 heavy (non-hydrogen) atoms. The van der Waals surface area contributed by atoms with Gasteiger partial charge in [-0.2, -0.15) is 9.97 Å². The summed E-state index contributed by atoms with van der Waals surface area (Å²) in [5.74, 6) is 2.21. The zero-order valence-electron chi connectivity index (χ0n) is 13.3. The van der Waals surface area contributed by atoms with Gasteiger partial charge in [-0.25, -0.2) is 4.98 Å². The zero-order chi connectivity index (χ0) is 15.3. The first-order chi connectivity index (χ1) is 10.3. The van der Waals surface area contributed by atoms with Crippen molar-refractivity contribution in [1.82, 2.24) is 15.0 Å². The molecule has 0 radical (unpaired) electrons. The van der Waals surface area contributed by atoms with Gasteiger partial charge < -0.3 is 5.32 Å². The summed E-state index contributed by atoms with van der Waals surface area (Å²) in [4.78, 5) is 13.2. The Balaban J connectivity index is 2.41. The molecule has 0 spiro atoms. The van der Waals surface area contributed by atoms with E-state index in [1.165, 1.54) is 32.1 Å². The lowest BCUT2D eigenvalue weighted by Crippen LogP contribution is -2.10. The summed E-state index contributed by atoms with van der Waals surface area (Å²) < 4.78 is 0. The van der Waals surface area contributed by atoms with E-state index in [2.05, 4.69) is 40.4 Å². The Labute approximate surface area is 128 Å². The van der Waals surface area contributed by atoms with Gasteiger partial charge in [0.1, 0.15) is 11.6 Å². The van der Waals surface area contributed by atoms with Crippen LogP contribution in [0.1, 0.15) is 57.1 Å². The van der Waals surface area contributed by atoms with Crippen molar-refractivity contribution < 1.29 is 0 Å². The second kappa shape index (κ2) is 11.0. The van der Waals surface area contributed by atoms with E-state index in [4.69, 9.17) is 0 Å². The maximum atomic E-state index is 4.41. The molecule has 116 valence electrons. The van der Waals surface area contributed by atoms with E-state index < -0.39 is 0 Å². The first kappa shape index (κ1) is 17.3. The van der Waals surface area contributed by atoms with Gasteiger partial charge in [0.2, 0.25) is 5.95 Å². The van der Waals surface area contributed by atoms with Gasteiger partial charge in [0.25, 0.3) is 0 Å². The second-order valence-electron chi connectivity index (χ2n) is 5.17. The number of anilines is 1. The van der Waals surface area contributed by atoms with E-state index in [-0.39, 0.29) is 0 Å². The third-order valence-electron chi connectivity index (χ3n) is 3.20. The van der Waals surface area contributed by atoms with Crippen molar-refractivity contribution >= 4 is 5.95 Å². The molecule has 1 N–H and O–H groups in total. The molecule has 0 amide bonds. The molecule has 1 aromatic heterocycles. The van der Waals surface area contributed by atoms with Crippen LogP contribution in [0.2, 0.25) is 0 Å². The van der Waals surface area contributed by atoms with Gasteiger partial charge in [0, 0.05) is 19.4 Å². The van der Waals surface area contributed by atoms with Gasteiger partial charge in [-0.05, 0) is 6.42 Å². The molecule has 1 rings (SSSR count). The molecular weight excluding hydrogens is 260 g/mol. The number of aromatic nitrogens is 3. The Bertz CT molecular complexity index is 401. The monoisotopic (exact) mass is 288 g/mol. The van der Waals surface area contributed by atoms with E-state index in [1.54, 1.807) is 0 Å². The molecule has 0 bridgehead atoms. The largest absolute Gasteiger partial charge is 0.354 e. The van der Waals surface area contributed by atoms with Crippen LogP contribution in [0.15, 0.2) is 25.3 Å². The van der Waals surface area contributed by atoms with E-state index in [0.29, 0.717) is 18.8 Å². The van der Waals surface area contributed by atoms with Gasteiger partial charge in [-0.1, -0.05) is 51.2 Å². The number of nitrogens with zero attached hydrogens (tertiary/aromatic N) is 3. The maximum Gasteiger partial charge on any atom is 0.226 e. The normalized spacial score (nSPS) is 10.3. The molecule has 0 unspecified atom stereocenters. The lowest BCUT2D eigenvalue weighted by molar-refractivity contribution is 0.616. The van der Waals surface area contributed by atoms with Crippen molar-refractivity contribution in [3.63, 3.8) is 0 Å². The highest BCUT2D eigenvalue weighted by molar-refractivity contribution is 5.25. The highest BCUT2D eigenvalue weighted by atomic mass is 15.2. The maximum absolute atomic E-state index is 4.41. The van der Waals surface area contributed by atoms with E-state index in [0.717, 1.165) is 24.6 Å². The summed E-state index contributed by atoms with van der Waals surface area (Å²) in [5, 5.41) is 3.30. The molecule has 1 heterocycles. The molecule has 0 aromatic carbocycles. The molecular formula is C17H28N4. The van der Waals surface area contributed by atoms with Crippen LogP contribution in [0.25, 0.3) is 0 Å². The summed E-state index contributed by atoms with van der Waals surface area (Å²) in [7, 11) is 0. The average Bonchev–Trinajstić information content (AvgIpc) is 2.47. The van der Waals surface area contributed by atoms with Crippen LogP contribution in [0.4, 0.5) is 5.95 Å². The number of allylic oxidation sites excluding steroid dienone is 2. The standard InChI is InChI=1S/C17H28N4/c1-4-7-8-9-10-11-14-18-17-20-15(12-5-2)19-16(21-17)13-6-3/h5-6H,2-4,7-14H2,1H3,(H,18,19,20,21). The molecule has 4 heteroatoms. The fraction of sp³-hybridized carbons (Fsp3) is 0.588. The number of hydrogen-bond acceptors (Lipinski definition) is 4. The Morgan fingerprint density at radius 3 is 2.00 bits per heavy atom. The van der Waals surface area contributed by atoms with E-state index >= 15 is 0 Å². The van der Waals surface area contributed by atoms with E-state index in [9.17, 15) is 0 Å². The fourth-order valence-electron chi connectivity index (χ4n) is 2.09. The second-order valence-corrected chi connectivity index (χ2v) is 5.17. The number of nitrogens with one attached hydrogen (secondary N) is 1. The number of rotatable bonds is 12. The predicted molar refractivity (Wildman–Crippen MR) is 89.5 cm³/mol. The lowest BCUT2D eigenvalue weighted by Gasteiger charge is -2.07. The minimum absolute atomic E-state index is 0.665. The van der Waals surface area contributed by atoms with Crippen molar-refractivity contribution in [2.24, 2.45) is 0 Å². The van der Waals surface area contributed by atoms with Crippen LogP contribution in [-0.2, 0) is 12.8 Å². The zero-order valence-corrected chi connectivity index (χ0v) is 13.3. The smallest absolute Gasteiger partial charge is 0.226 e. The van der Waals surface area contributed by atoms with E-state index in [1.807, 2.05) is 12.2 Å². The van der Waals surface area contributed by atoms with Crippen molar-refractivity contribution in [3.05, 3.63) is 37.0 Å². The summed E-state index contributed by atoms with van der Waals surface area (Å²) in [6.07, 6.45) is 12.7. The van der Waals surface area contributed by atoms with Gasteiger partial charge in [-0.3, -0.25) is 0 Å². The van der Waals surface area contributed by atoms with Crippen LogP contribution < -0.4 is 5.32 Å². The van der Waals surface area contributed by atoms with Crippen LogP contribution in [0, 0.1) is 0 Å². The molecule has 1 aromatic rings. The molecule has 0 atom stereocenters. The average molecular weight is 288 g/mol. The van der Waals surface area contributed by atoms with Crippen molar-refractivity contribution in [1.29, 1.82) is 0 Å². The predicted octanol–water partition coefficient (Wildman–Crippen LogP) is 4.10. The van der Waals surface area contributed by atoms with Gasteiger partial charge in [-0.15, -0.1) is 13.2 Å². The first-order valence-electron chi connectivity index (χ1n) is 7.99. The third kappa shape index (κ3) is 7.59. The molecule has 0 aliphatic carbocycles. The highest BCUT2D eigenvalue weighted by Crippen LogP contribution is 2.07. The Morgan fingerprint density at radius 1 is 0.857 bits per heavy atom. The van der Waals surface area contributed by atoms with Crippen LogP contribution in [0.3, 0.4) is 0 Å². The van der Waals surface area contributed by atoms with Crippen molar-refractivity contribution in [3.8, 4) is 0 Å². The Hall–Kier alpha value is -1.71. The van der Waals surface area contributed by atoms with Gasteiger partial charge >= 0.3 is 0 Å². The summed E-state index contributed by atoms with van der Waals surface area (Å²) >= 11 is 0. The molecule has 0 saturated carbocycles. The summed E-state index contributed by atoms with van der Waals surface area (Å²) in [6, 6.07) is 0. The Kier molecular flexibility index (Phi) is 9.09. The number of unbranched alkanes of at least 4 members (excludes halogenated alkanes) is 5. The van der Waals surface area contributed by atoms with Crippen molar-refractivity contribution in [2.45, 2.75) is 58.3 Å². The minimum Gasteiger partial charge on any atom is -0.354 e. The molecule has 4 nitrogen and oxygen atoms in total. The third-order valence-corrected chi connectivity index (χ3v) is 3.20. The molecule has 0 fully saturated rings. The summed E-state index contributed by atoms with van der Waals surface area (Å²) in [5.41, 5.74) is 0. The topological polar surface area (TPSA) is 50.7 Å². The highest BCUT2D eigenvalue weighted by Gasteiger charge is 2.04. The quantitative estimate of drug-likeness (QED) is 0.464. The molecule has 0 saturated heterocycles. The van der Waals surface area contributed by atoms with Crippen LogP contribution in [-0.4, -0.2) is 21.5 Å². The van der Waals surface area contributed by atoms with Gasteiger partial charge in [0.15, 0.2) is 0 Å². The Morgan fingerprint density at radius 2 is 1.43 bits per heavy atom. The fourth-order valence-corrected chi connectivity index (χ4v) is 2.09. The minimum atomic E-state index is 0.665. The van der Waals surface area contributed by atoms with Crippen LogP contribution >= 0.6 is 0 Å². The molecule has 0 aliphatic heterocycles. The SMILES string of the molecule is C=CCc1nc(CC=C)nc(NCCCCCCCC)n1.